The Morgan fingerprint density at radius 1 is 1.54 bits per heavy atom. The first kappa shape index (κ1) is 9.57. The van der Waals surface area contributed by atoms with Gasteiger partial charge in [0, 0.05) is 12.5 Å². The first-order valence-corrected chi connectivity index (χ1v) is 3.48. The van der Waals surface area contributed by atoms with Crippen molar-refractivity contribution >= 4 is 5.69 Å². The number of halogens is 2. The number of rotatable bonds is 3. The van der Waals surface area contributed by atoms with Crippen LogP contribution in [0.4, 0.5) is 14.5 Å². The first-order valence-electron chi connectivity index (χ1n) is 3.48. The lowest BCUT2D eigenvalue weighted by Crippen LogP contribution is -1.94. The first-order chi connectivity index (χ1) is 6.15. The van der Waals surface area contributed by atoms with Gasteiger partial charge in [-0.15, -0.1) is 0 Å². The highest BCUT2D eigenvalue weighted by molar-refractivity contribution is 5.39. The topological polar surface area (TPSA) is 43.1 Å². The lowest BCUT2D eigenvalue weighted by atomic mass is 10.1. The van der Waals surface area contributed by atoms with Crippen LogP contribution in [0.25, 0.3) is 0 Å². The molecule has 0 N–H and O–H groups in total. The molecule has 0 saturated carbocycles. The molecule has 0 bridgehead atoms. The van der Waals surface area contributed by atoms with Gasteiger partial charge in [-0.05, 0) is 11.6 Å². The minimum Gasteiger partial charge on any atom is -0.258 e. The predicted molar refractivity (Wildman–Crippen MR) is 42.4 cm³/mol. The Bertz CT molecular complexity index is 328. The molecule has 0 aromatic heterocycles. The van der Waals surface area contributed by atoms with Crippen molar-refractivity contribution in [2.24, 2.45) is 0 Å². The van der Waals surface area contributed by atoms with Gasteiger partial charge in [-0.3, -0.25) is 14.5 Å². The van der Waals surface area contributed by atoms with Gasteiger partial charge in [0.25, 0.3) is 0 Å². The molecular weight excluding hydrogens is 180 g/mol. The number of nitro groups is 1. The zero-order chi connectivity index (χ0) is 9.84. The van der Waals surface area contributed by atoms with Gasteiger partial charge in [0.05, 0.1) is 11.6 Å². The van der Waals surface area contributed by atoms with Crippen molar-refractivity contribution in [3.63, 3.8) is 0 Å². The summed E-state index contributed by atoms with van der Waals surface area (Å²) in [6.45, 7) is -0.733. The predicted octanol–water partition coefficient (Wildman–Crippen LogP) is 2.26. The van der Waals surface area contributed by atoms with Gasteiger partial charge in [0.15, 0.2) is 0 Å². The Hall–Kier alpha value is -1.52. The van der Waals surface area contributed by atoms with E-state index in [-0.39, 0.29) is 0 Å². The van der Waals surface area contributed by atoms with Crippen LogP contribution in [0.3, 0.4) is 0 Å². The lowest BCUT2D eigenvalue weighted by Gasteiger charge is -1.97. The summed E-state index contributed by atoms with van der Waals surface area (Å²) in [6, 6.07) is 3.22. The fraction of sp³-hybridized carbons (Fsp3) is 0.125. The van der Waals surface area contributed by atoms with E-state index >= 15 is 0 Å². The Morgan fingerprint density at radius 2 is 2.23 bits per heavy atom. The highest BCUT2D eigenvalue weighted by Crippen LogP contribution is 2.19. The van der Waals surface area contributed by atoms with E-state index < -0.39 is 23.1 Å². The van der Waals surface area contributed by atoms with E-state index in [2.05, 4.69) is 0 Å². The summed E-state index contributed by atoms with van der Waals surface area (Å²) >= 11 is 0. The second-order valence-corrected chi connectivity index (χ2v) is 2.33. The second kappa shape index (κ2) is 3.93. The third-order valence-electron chi connectivity index (χ3n) is 1.48. The molecule has 1 aromatic carbocycles. The van der Waals surface area contributed by atoms with Gasteiger partial charge in [0.1, 0.15) is 0 Å². The normalized spacial score (nSPS) is 10.0. The number of hydrogen-bond donors (Lipinski definition) is 0. The molecule has 5 heteroatoms. The minimum absolute atomic E-state index is 0.301. The Balaban J connectivity index is 3.04. The van der Waals surface area contributed by atoms with Crippen molar-refractivity contribution in [3.8, 4) is 0 Å². The fourth-order valence-corrected chi connectivity index (χ4v) is 0.886. The molecule has 0 spiro atoms. The lowest BCUT2D eigenvalue weighted by molar-refractivity contribution is -0.387. The van der Waals surface area contributed by atoms with E-state index in [0.717, 1.165) is 18.6 Å². The number of alkyl halides is 1. The van der Waals surface area contributed by atoms with Crippen molar-refractivity contribution in [1.29, 1.82) is 0 Å². The van der Waals surface area contributed by atoms with Crippen LogP contribution in [0.15, 0.2) is 18.2 Å². The summed E-state index contributed by atoms with van der Waals surface area (Å²) in [5, 5.41) is 10.2. The van der Waals surface area contributed by atoms with Crippen LogP contribution in [0.5, 0.6) is 0 Å². The van der Waals surface area contributed by atoms with Gasteiger partial charge in [-0.2, -0.15) is 4.39 Å². The van der Waals surface area contributed by atoms with E-state index in [1.165, 1.54) is 6.07 Å². The highest BCUT2D eigenvalue weighted by Gasteiger charge is 2.13. The molecule has 0 aliphatic carbocycles. The number of nitrogens with zero attached hydrogens (tertiary/aromatic N) is 1. The quantitative estimate of drug-likeness (QED) is 0.536. The van der Waals surface area contributed by atoms with Gasteiger partial charge < -0.3 is 0 Å². The highest BCUT2D eigenvalue weighted by atomic mass is 19.1. The van der Waals surface area contributed by atoms with Crippen LogP contribution in [-0.2, 0) is 0 Å². The molecule has 1 aromatic rings. The van der Waals surface area contributed by atoms with Crippen molar-refractivity contribution in [2.45, 2.75) is 0 Å². The van der Waals surface area contributed by atoms with Crippen LogP contribution in [-0.4, -0.2) is 11.6 Å². The molecule has 3 nitrogen and oxygen atoms in total. The third-order valence-corrected chi connectivity index (χ3v) is 1.48. The van der Waals surface area contributed by atoms with Crippen molar-refractivity contribution in [3.05, 3.63) is 46.1 Å². The third kappa shape index (κ3) is 2.21. The molecule has 0 amide bonds. The summed E-state index contributed by atoms with van der Waals surface area (Å²) in [5.74, 6) is -0.916. The van der Waals surface area contributed by atoms with Crippen molar-refractivity contribution < 1.29 is 13.7 Å². The minimum atomic E-state index is -0.916. The zero-order valence-electron chi connectivity index (χ0n) is 6.54. The largest absolute Gasteiger partial charge is 0.305 e. The summed E-state index contributed by atoms with van der Waals surface area (Å²) < 4.78 is 24.5. The van der Waals surface area contributed by atoms with Gasteiger partial charge >= 0.3 is 5.69 Å². The molecule has 0 fully saturated rings. The van der Waals surface area contributed by atoms with Crippen molar-refractivity contribution in [2.75, 3.05) is 6.67 Å². The van der Waals surface area contributed by atoms with Crippen molar-refractivity contribution in [1.82, 2.24) is 0 Å². The summed E-state index contributed by atoms with van der Waals surface area (Å²) in [4.78, 5) is 9.39. The molecule has 0 aliphatic heterocycles. The van der Waals surface area contributed by atoms with Crippen LogP contribution in [0.1, 0.15) is 5.56 Å². The Kier molecular flexibility index (Phi) is 2.89. The summed E-state index contributed by atoms with van der Waals surface area (Å²) in [6.07, 6.45) is 1.13. The number of hydrogen-bond acceptors (Lipinski definition) is 2. The van der Waals surface area contributed by atoms with Crippen LogP contribution in [0.2, 0.25) is 0 Å². The maximum absolute atomic E-state index is 12.7. The van der Waals surface area contributed by atoms with Gasteiger partial charge in [0.2, 0.25) is 5.82 Å². The standard InChI is InChI=1S/C8H6F2NO2/c9-4-3-6-1-2-7(10)8(5-6)11(12)13/h1-3,5H,4H2. The summed E-state index contributed by atoms with van der Waals surface area (Å²) in [5.41, 5.74) is -0.335. The molecule has 1 radical (unpaired) electrons. The zero-order valence-corrected chi connectivity index (χ0v) is 6.54. The molecule has 13 heavy (non-hydrogen) atoms. The average molecular weight is 186 g/mol. The van der Waals surface area contributed by atoms with E-state index in [4.69, 9.17) is 0 Å². The number of benzene rings is 1. The van der Waals surface area contributed by atoms with E-state index in [1.807, 2.05) is 0 Å². The second-order valence-electron chi connectivity index (χ2n) is 2.33. The maximum atomic E-state index is 12.7. The molecule has 0 heterocycles. The molecule has 1 rings (SSSR count). The van der Waals surface area contributed by atoms with Gasteiger partial charge in [-0.25, -0.2) is 0 Å². The van der Waals surface area contributed by atoms with E-state index in [0.29, 0.717) is 5.56 Å². The van der Waals surface area contributed by atoms with Crippen LogP contribution in [0, 0.1) is 22.4 Å². The molecule has 0 unspecified atom stereocenters. The smallest absolute Gasteiger partial charge is 0.258 e. The number of nitro benzene ring substituents is 1. The Labute approximate surface area is 73.1 Å². The average Bonchev–Trinajstić information content (AvgIpc) is 2.08. The van der Waals surface area contributed by atoms with E-state index in [1.54, 1.807) is 0 Å². The monoisotopic (exact) mass is 186 g/mol. The van der Waals surface area contributed by atoms with Crippen LogP contribution >= 0.6 is 0 Å². The molecule has 69 valence electrons. The fourth-order valence-electron chi connectivity index (χ4n) is 0.886. The SMILES string of the molecule is O=[N+]([O-])c1cc([CH]CF)ccc1F. The van der Waals surface area contributed by atoms with E-state index in [9.17, 15) is 18.9 Å². The molecule has 0 saturated heterocycles. The van der Waals surface area contributed by atoms with Gasteiger partial charge in [-0.1, -0.05) is 6.07 Å². The molecular formula is C8H6F2NO2. The molecule has 0 atom stereocenters. The maximum Gasteiger partial charge on any atom is 0.305 e. The molecule has 0 aliphatic rings. The summed E-state index contributed by atoms with van der Waals surface area (Å²) in [7, 11) is 0. The van der Waals surface area contributed by atoms with Crippen LogP contribution < -0.4 is 0 Å². The Morgan fingerprint density at radius 3 is 2.77 bits per heavy atom.